The Morgan fingerprint density at radius 3 is 2.31 bits per heavy atom. The van der Waals surface area contributed by atoms with Gasteiger partial charge in [-0.05, 0) is 48.0 Å². The first kappa shape index (κ1) is 20.4. The second-order valence-corrected chi connectivity index (χ2v) is 6.30. The number of amides is 1. The molecule has 0 atom stereocenters. The van der Waals surface area contributed by atoms with E-state index in [9.17, 15) is 9.59 Å². The van der Waals surface area contributed by atoms with Crippen molar-refractivity contribution in [1.29, 1.82) is 0 Å². The number of hydrogen-bond acceptors (Lipinski definition) is 6. The van der Waals surface area contributed by atoms with Crippen LogP contribution in [0.5, 0.6) is 17.2 Å². The Hall–Kier alpha value is -3.32. The van der Waals surface area contributed by atoms with Crippen molar-refractivity contribution in [2.24, 2.45) is 0 Å². The van der Waals surface area contributed by atoms with Crippen LogP contribution in [0.2, 0.25) is 0 Å². The zero-order valence-corrected chi connectivity index (χ0v) is 16.4. The first-order valence-corrected chi connectivity index (χ1v) is 9.19. The lowest BCUT2D eigenvalue weighted by Crippen LogP contribution is -2.42. The molecular formula is C22H23NO6. The van der Waals surface area contributed by atoms with E-state index >= 15 is 0 Å². The Balaban J connectivity index is 1.61. The molecule has 0 spiro atoms. The van der Waals surface area contributed by atoms with Gasteiger partial charge in [0.1, 0.15) is 5.75 Å². The second-order valence-electron chi connectivity index (χ2n) is 6.30. The molecule has 1 fully saturated rings. The highest BCUT2D eigenvalue weighted by atomic mass is 16.6. The molecule has 152 valence electrons. The predicted octanol–water partition coefficient (Wildman–Crippen LogP) is 3.43. The van der Waals surface area contributed by atoms with Gasteiger partial charge in [0.2, 0.25) is 0 Å². The molecule has 7 nitrogen and oxygen atoms in total. The van der Waals surface area contributed by atoms with Gasteiger partial charge in [0, 0.05) is 18.7 Å². The molecule has 0 bridgehead atoms. The van der Waals surface area contributed by atoms with Crippen molar-refractivity contribution in [2.45, 2.75) is 0 Å². The lowest BCUT2D eigenvalue weighted by Gasteiger charge is -2.25. The van der Waals surface area contributed by atoms with Gasteiger partial charge in [-0.3, -0.25) is 4.79 Å². The SMILES string of the molecule is COc1ccc(C=CC(=O)c2ccc(OC(=O)N3CCOCC3)cc2)cc1OC. The molecule has 0 radical (unpaired) electrons. The van der Waals surface area contributed by atoms with E-state index in [1.807, 2.05) is 6.07 Å². The number of ketones is 1. The number of carbonyl (C=O) groups is 2. The zero-order chi connectivity index (χ0) is 20.6. The molecule has 0 aliphatic carbocycles. The first-order valence-electron chi connectivity index (χ1n) is 9.19. The van der Waals surface area contributed by atoms with Crippen molar-refractivity contribution in [1.82, 2.24) is 4.90 Å². The minimum Gasteiger partial charge on any atom is -0.493 e. The van der Waals surface area contributed by atoms with Crippen LogP contribution in [0.4, 0.5) is 4.79 Å². The first-order chi connectivity index (χ1) is 14.1. The minimum atomic E-state index is -0.416. The molecule has 1 aliphatic heterocycles. The lowest BCUT2D eigenvalue weighted by atomic mass is 10.1. The molecular weight excluding hydrogens is 374 g/mol. The summed E-state index contributed by atoms with van der Waals surface area (Å²) in [4.78, 5) is 26.1. The van der Waals surface area contributed by atoms with Gasteiger partial charge in [-0.1, -0.05) is 12.1 Å². The molecule has 1 saturated heterocycles. The van der Waals surface area contributed by atoms with Crippen LogP contribution < -0.4 is 14.2 Å². The Labute approximate surface area is 169 Å². The number of carbonyl (C=O) groups excluding carboxylic acids is 2. The Morgan fingerprint density at radius 2 is 1.66 bits per heavy atom. The molecule has 0 N–H and O–H groups in total. The number of rotatable bonds is 6. The van der Waals surface area contributed by atoms with E-state index in [-0.39, 0.29) is 5.78 Å². The second kappa shape index (κ2) is 9.75. The molecule has 7 heteroatoms. The Morgan fingerprint density at radius 1 is 0.966 bits per heavy atom. The lowest BCUT2D eigenvalue weighted by molar-refractivity contribution is 0.0416. The third kappa shape index (κ3) is 5.36. The van der Waals surface area contributed by atoms with Crippen LogP contribution in [0.1, 0.15) is 15.9 Å². The minimum absolute atomic E-state index is 0.161. The van der Waals surface area contributed by atoms with E-state index in [2.05, 4.69) is 0 Å². The largest absolute Gasteiger partial charge is 0.493 e. The van der Waals surface area contributed by atoms with Gasteiger partial charge in [0.15, 0.2) is 17.3 Å². The molecule has 3 rings (SSSR count). The number of methoxy groups -OCH3 is 2. The van der Waals surface area contributed by atoms with Crippen molar-refractivity contribution in [2.75, 3.05) is 40.5 Å². The van der Waals surface area contributed by atoms with Gasteiger partial charge in [0.25, 0.3) is 0 Å². The monoisotopic (exact) mass is 397 g/mol. The molecule has 0 saturated carbocycles. The molecule has 0 aromatic heterocycles. The predicted molar refractivity (Wildman–Crippen MR) is 108 cm³/mol. The molecule has 1 heterocycles. The number of ether oxygens (including phenoxy) is 4. The van der Waals surface area contributed by atoms with Crippen LogP contribution in [0.25, 0.3) is 6.08 Å². The van der Waals surface area contributed by atoms with E-state index in [4.69, 9.17) is 18.9 Å². The highest BCUT2D eigenvalue weighted by molar-refractivity contribution is 6.06. The van der Waals surface area contributed by atoms with Gasteiger partial charge >= 0.3 is 6.09 Å². The Bertz CT molecular complexity index is 885. The summed E-state index contributed by atoms with van der Waals surface area (Å²) < 4.78 is 21.0. The summed E-state index contributed by atoms with van der Waals surface area (Å²) in [5.74, 6) is 1.44. The number of benzene rings is 2. The van der Waals surface area contributed by atoms with Gasteiger partial charge < -0.3 is 23.8 Å². The fourth-order valence-corrected chi connectivity index (χ4v) is 2.82. The average Bonchev–Trinajstić information content (AvgIpc) is 2.78. The summed E-state index contributed by atoms with van der Waals surface area (Å²) in [6.07, 6.45) is 2.77. The molecule has 2 aromatic rings. The van der Waals surface area contributed by atoms with Crippen molar-refractivity contribution in [3.8, 4) is 17.2 Å². The molecule has 29 heavy (non-hydrogen) atoms. The maximum absolute atomic E-state index is 12.4. The van der Waals surface area contributed by atoms with Crippen molar-refractivity contribution < 1.29 is 28.5 Å². The fourth-order valence-electron chi connectivity index (χ4n) is 2.82. The van der Waals surface area contributed by atoms with Crippen molar-refractivity contribution in [3.63, 3.8) is 0 Å². The van der Waals surface area contributed by atoms with E-state index in [1.54, 1.807) is 61.6 Å². The summed E-state index contributed by atoms with van der Waals surface area (Å²) in [7, 11) is 3.13. The van der Waals surface area contributed by atoms with E-state index in [0.717, 1.165) is 5.56 Å². The summed E-state index contributed by atoms with van der Waals surface area (Å²) >= 11 is 0. The maximum Gasteiger partial charge on any atom is 0.415 e. The Kier molecular flexibility index (Phi) is 6.86. The van der Waals surface area contributed by atoms with Gasteiger partial charge in [-0.15, -0.1) is 0 Å². The third-order valence-electron chi connectivity index (χ3n) is 4.45. The summed E-state index contributed by atoms with van der Waals surface area (Å²) in [5.41, 5.74) is 1.31. The van der Waals surface area contributed by atoms with E-state index in [0.29, 0.717) is 49.1 Å². The molecule has 2 aromatic carbocycles. The van der Waals surface area contributed by atoms with E-state index < -0.39 is 6.09 Å². The fraction of sp³-hybridized carbons (Fsp3) is 0.273. The maximum atomic E-state index is 12.4. The summed E-state index contributed by atoms with van der Waals surface area (Å²) in [6.45, 7) is 2.04. The van der Waals surface area contributed by atoms with Crippen LogP contribution in [0.15, 0.2) is 48.5 Å². The third-order valence-corrected chi connectivity index (χ3v) is 4.45. The van der Waals surface area contributed by atoms with Gasteiger partial charge in [-0.2, -0.15) is 0 Å². The quantitative estimate of drug-likeness (QED) is 0.549. The topological polar surface area (TPSA) is 74.3 Å². The van der Waals surface area contributed by atoms with Gasteiger partial charge in [0.05, 0.1) is 27.4 Å². The molecule has 1 amide bonds. The highest BCUT2D eigenvalue weighted by Gasteiger charge is 2.18. The summed E-state index contributed by atoms with van der Waals surface area (Å²) in [5, 5.41) is 0. The van der Waals surface area contributed by atoms with E-state index in [1.165, 1.54) is 6.08 Å². The standard InChI is InChI=1S/C22H23NO6/c1-26-20-10-4-16(15-21(20)27-2)3-9-19(24)17-5-7-18(8-6-17)29-22(25)23-11-13-28-14-12-23/h3-10,15H,11-14H2,1-2H3. The number of hydrogen-bond donors (Lipinski definition) is 0. The van der Waals surface area contributed by atoms with Crippen LogP contribution in [-0.4, -0.2) is 57.3 Å². The molecule has 0 unspecified atom stereocenters. The summed E-state index contributed by atoms with van der Waals surface area (Å²) in [6, 6.07) is 11.9. The van der Waals surface area contributed by atoms with Crippen molar-refractivity contribution >= 4 is 18.0 Å². The highest BCUT2D eigenvalue weighted by Crippen LogP contribution is 2.28. The van der Waals surface area contributed by atoms with Crippen molar-refractivity contribution in [3.05, 3.63) is 59.7 Å². The normalized spacial score (nSPS) is 13.9. The van der Waals surface area contributed by atoms with Crippen LogP contribution in [-0.2, 0) is 4.74 Å². The average molecular weight is 397 g/mol. The van der Waals surface area contributed by atoms with Crippen LogP contribution in [0.3, 0.4) is 0 Å². The van der Waals surface area contributed by atoms with Crippen LogP contribution >= 0.6 is 0 Å². The molecule has 1 aliphatic rings. The number of morpholine rings is 1. The van der Waals surface area contributed by atoms with Gasteiger partial charge in [-0.25, -0.2) is 4.79 Å². The van der Waals surface area contributed by atoms with Crippen LogP contribution in [0, 0.1) is 0 Å². The smallest absolute Gasteiger partial charge is 0.415 e. The zero-order valence-electron chi connectivity index (χ0n) is 16.4. The number of allylic oxidation sites excluding steroid dienone is 1. The number of nitrogens with zero attached hydrogens (tertiary/aromatic N) is 1.